The predicted molar refractivity (Wildman–Crippen MR) is 52.5 cm³/mol. The van der Waals surface area contributed by atoms with Crippen LogP contribution in [0.25, 0.3) is 0 Å². The van der Waals surface area contributed by atoms with Crippen LogP contribution in [0.15, 0.2) is 0 Å². The van der Waals surface area contributed by atoms with Gasteiger partial charge in [0.2, 0.25) is 5.79 Å². The third kappa shape index (κ3) is 3.27. The number of alkyl halides is 2. The Labute approximate surface area is 97.4 Å². The SMILES string of the molecule is C[C@]1(CCl)OO[C@@](CCl)(OCCC=O)O1. The lowest BCUT2D eigenvalue weighted by Crippen LogP contribution is -2.40. The van der Waals surface area contributed by atoms with Gasteiger partial charge in [0, 0.05) is 6.42 Å². The van der Waals surface area contributed by atoms with Crippen LogP contribution in [0.4, 0.5) is 0 Å². The summed E-state index contributed by atoms with van der Waals surface area (Å²) in [6, 6.07) is 0. The number of aldehydes is 1. The molecule has 0 aromatic carbocycles. The zero-order valence-corrected chi connectivity index (χ0v) is 9.71. The van der Waals surface area contributed by atoms with Crippen molar-refractivity contribution in [2.75, 3.05) is 18.4 Å². The second-order valence-electron chi connectivity index (χ2n) is 3.16. The van der Waals surface area contributed by atoms with E-state index in [-0.39, 0.29) is 24.8 Å². The normalized spacial score (nSPS) is 35.7. The van der Waals surface area contributed by atoms with Gasteiger partial charge < -0.3 is 9.53 Å². The molecule has 1 saturated heterocycles. The van der Waals surface area contributed by atoms with E-state index in [4.69, 9.17) is 42.5 Å². The van der Waals surface area contributed by atoms with E-state index in [1.807, 2.05) is 0 Å². The summed E-state index contributed by atoms with van der Waals surface area (Å²) < 4.78 is 10.5. The highest BCUT2D eigenvalue weighted by molar-refractivity contribution is 6.18. The summed E-state index contributed by atoms with van der Waals surface area (Å²) in [4.78, 5) is 19.8. The zero-order valence-electron chi connectivity index (χ0n) is 8.20. The maximum Gasteiger partial charge on any atom is 0.328 e. The molecule has 0 unspecified atom stereocenters. The molecule has 0 saturated carbocycles. The van der Waals surface area contributed by atoms with Crippen molar-refractivity contribution < 1.29 is 24.0 Å². The fraction of sp³-hybridized carbons (Fsp3) is 0.875. The lowest BCUT2D eigenvalue weighted by atomic mass is 10.4. The Morgan fingerprint density at radius 1 is 1.33 bits per heavy atom. The summed E-state index contributed by atoms with van der Waals surface area (Å²) in [5.74, 6) is -2.58. The van der Waals surface area contributed by atoms with Crippen LogP contribution in [0.1, 0.15) is 13.3 Å². The minimum absolute atomic E-state index is 0.0721. The van der Waals surface area contributed by atoms with Gasteiger partial charge in [-0.3, -0.25) is 4.74 Å². The van der Waals surface area contributed by atoms with Crippen molar-refractivity contribution >= 4 is 29.5 Å². The van der Waals surface area contributed by atoms with E-state index >= 15 is 0 Å². The molecular weight excluding hydrogens is 247 g/mol. The smallest absolute Gasteiger partial charge is 0.324 e. The fourth-order valence-corrected chi connectivity index (χ4v) is 1.24. The highest BCUT2D eigenvalue weighted by atomic mass is 35.5. The van der Waals surface area contributed by atoms with Crippen molar-refractivity contribution in [3.8, 4) is 0 Å². The van der Waals surface area contributed by atoms with Gasteiger partial charge in [0.25, 0.3) is 0 Å². The number of rotatable bonds is 6. The first kappa shape index (κ1) is 13.2. The quantitative estimate of drug-likeness (QED) is 0.312. The number of carbonyl (C=O) groups is 1. The molecule has 0 aromatic heterocycles. The van der Waals surface area contributed by atoms with Gasteiger partial charge in [-0.15, -0.1) is 23.2 Å². The molecule has 0 N–H and O–H groups in total. The monoisotopic (exact) mass is 258 g/mol. The topological polar surface area (TPSA) is 54.0 Å². The van der Waals surface area contributed by atoms with Gasteiger partial charge in [0.15, 0.2) is 0 Å². The first-order chi connectivity index (χ1) is 7.10. The molecule has 1 fully saturated rings. The Morgan fingerprint density at radius 3 is 2.53 bits per heavy atom. The molecule has 7 heteroatoms. The molecule has 0 amide bonds. The minimum Gasteiger partial charge on any atom is -0.324 e. The van der Waals surface area contributed by atoms with E-state index in [2.05, 4.69) is 0 Å². The summed E-state index contributed by atoms with van der Waals surface area (Å²) >= 11 is 11.3. The molecule has 0 bridgehead atoms. The average molecular weight is 259 g/mol. The number of carbonyl (C=O) groups excluding carboxylic acids is 1. The predicted octanol–water partition coefficient (Wildman–Crippen LogP) is 1.42. The largest absolute Gasteiger partial charge is 0.328 e. The molecule has 1 rings (SSSR count). The van der Waals surface area contributed by atoms with E-state index < -0.39 is 11.8 Å². The molecule has 0 spiro atoms. The molecule has 0 aromatic rings. The van der Waals surface area contributed by atoms with Gasteiger partial charge in [0.1, 0.15) is 12.2 Å². The summed E-state index contributed by atoms with van der Waals surface area (Å²) in [5.41, 5.74) is 0. The van der Waals surface area contributed by atoms with Crippen molar-refractivity contribution in [1.29, 1.82) is 0 Å². The average Bonchev–Trinajstić information content (AvgIpc) is 2.59. The van der Waals surface area contributed by atoms with Crippen LogP contribution in [0, 0.1) is 0 Å². The van der Waals surface area contributed by atoms with Gasteiger partial charge in [0.05, 0.1) is 12.5 Å². The van der Waals surface area contributed by atoms with Crippen molar-refractivity contribution in [3.63, 3.8) is 0 Å². The number of ether oxygens (including phenoxy) is 2. The van der Waals surface area contributed by atoms with Gasteiger partial charge in [-0.2, -0.15) is 9.78 Å². The molecule has 2 atom stereocenters. The standard InChI is InChI=1S/C8H12Cl2O5/c1-7(5-9)13-8(6-10,15-14-7)12-4-2-3-11/h3H,2,4-6H2,1H3/t7-,8+/m1/s1. The lowest BCUT2D eigenvalue weighted by Gasteiger charge is -2.23. The third-order valence-electron chi connectivity index (χ3n) is 1.68. The Bertz CT molecular complexity index is 227. The van der Waals surface area contributed by atoms with E-state index in [0.717, 1.165) is 6.29 Å². The minimum atomic E-state index is -1.48. The van der Waals surface area contributed by atoms with E-state index in [1.165, 1.54) is 0 Å². The molecule has 0 aliphatic carbocycles. The molecule has 1 aliphatic heterocycles. The first-order valence-corrected chi connectivity index (χ1v) is 5.43. The molecule has 0 radical (unpaired) electrons. The number of halogens is 2. The summed E-state index contributed by atoms with van der Waals surface area (Å²) in [7, 11) is 0. The number of hydrogen-bond donors (Lipinski definition) is 0. The lowest BCUT2D eigenvalue weighted by molar-refractivity contribution is -0.406. The van der Waals surface area contributed by atoms with Crippen LogP contribution >= 0.6 is 23.2 Å². The fourth-order valence-electron chi connectivity index (χ4n) is 0.968. The van der Waals surface area contributed by atoms with Gasteiger partial charge in [-0.25, -0.2) is 0 Å². The maximum atomic E-state index is 10.1. The highest BCUT2D eigenvalue weighted by Gasteiger charge is 2.51. The second-order valence-corrected chi connectivity index (χ2v) is 3.69. The van der Waals surface area contributed by atoms with Crippen LogP contribution in [0.5, 0.6) is 0 Å². The van der Waals surface area contributed by atoms with Gasteiger partial charge in [-0.1, -0.05) is 0 Å². The van der Waals surface area contributed by atoms with Crippen LogP contribution in [-0.4, -0.2) is 36.4 Å². The molecule has 1 heterocycles. The van der Waals surface area contributed by atoms with Crippen LogP contribution in [0.2, 0.25) is 0 Å². The van der Waals surface area contributed by atoms with Crippen molar-refractivity contribution in [2.24, 2.45) is 0 Å². The molecule has 88 valence electrons. The van der Waals surface area contributed by atoms with Crippen molar-refractivity contribution in [1.82, 2.24) is 0 Å². The third-order valence-corrected chi connectivity index (χ3v) is 2.49. The van der Waals surface area contributed by atoms with Gasteiger partial charge >= 0.3 is 5.97 Å². The summed E-state index contributed by atoms with van der Waals surface area (Å²) in [6.07, 6.45) is 0.946. The second kappa shape index (κ2) is 5.43. The van der Waals surface area contributed by atoms with Crippen molar-refractivity contribution in [2.45, 2.75) is 25.1 Å². The molecular formula is C8H12Cl2O5. The van der Waals surface area contributed by atoms with Crippen LogP contribution < -0.4 is 0 Å². The van der Waals surface area contributed by atoms with Crippen LogP contribution in [-0.2, 0) is 24.0 Å². The van der Waals surface area contributed by atoms with Crippen LogP contribution in [0.3, 0.4) is 0 Å². The Hall–Kier alpha value is 0.0900. The summed E-state index contributed by atoms with van der Waals surface area (Å²) in [5, 5.41) is 0. The Balaban J connectivity index is 2.52. The zero-order chi connectivity index (χ0) is 11.4. The maximum absolute atomic E-state index is 10.1. The Kier molecular flexibility index (Phi) is 4.76. The first-order valence-electron chi connectivity index (χ1n) is 4.36. The van der Waals surface area contributed by atoms with Crippen molar-refractivity contribution in [3.05, 3.63) is 0 Å². The van der Waals surface area contributed by atoms with Gasteiger partial charge in [-0.05, 0) is 6.92 Å². The summed E-state index contributed by atoms with van der Waals surface area (Å²) in [6.45, 7) is 1.73. The van der Waals surface area contributed by atoms with E-state index in [9.17, 15) is 4.79 Å². The highest BCUT2D eigenvalue weighted by Crippen LogP contribution is 2.35. The van der Waals surface area contributed by atoms with E-state index in [1.54, 1.807) is 6.92 Å². The van der Waals surface area contributed by atoms with E-state index in [0.29, 0.717) is 0 Å². The Morgan fingerprint density at radius 2 is 2.07 bits per heavy atom. The molecule has 5 nitrogen and oxygen atoms in total. The molecule has 1 aliphatic rings. The number of hydrogen-bond acceptors (Lipinski definition) is 5. The molecule has 15 heavy (non-hydrogen) atoms.